The third-order valence-corrected chi connectivity index (χ3v) is 16.1. The quantitative estimate of drug-likeness (QED) is 0.0272. The second kappa shape index (κ2) is 60.5. The van der Waals surface area contributed by atoms with Crippen molar-refractivity contribution in [3.05, 3.63) is 72.9 Å². The number of likely N-dealkylation sites (N-methyl/N-ethyl adjacent to an activating group) is 1. The number of aliphatic hydroxyl groups excluding tert-OH is 1. The molecule has 8 nitrogen and oxygen atoms in total. The number of amides is 1. The van der Waals surface area contributed by atoms with Crippen LogP contribution in [0.5, 0.6) is 0 Å². The molecule has 0 bridgehead atoms. The van der Waals surface area contributed by atoms with Crippen LogP contribution in [0.25, 0.3) is 0 Å². The molecule has 9 heteroatoms. The number of phosphoric ester groups is 1. The largest absolute Gasteiger partial charge is 0.756 e. The zero-order chi connectivity index (χ0) is 57.7. The fourth-order valence-electron chi connectivity index (χ4n) is 9.93. The van der Waals surface area contributed by atoms with Crippen molar-refractivity contribution in [2.75, 3.05) is 40.9 Å². The first kappa shape index (κ1) is 76.9. The Bertz CT molecular complexity index is 1520. The fourth-order valence-corrected chi connectivity index (χ4v) is 10.7. The van der Waals surface area contributed by atoms with Gasteiger partial charge in [0.15, 0.2) is 0 Å². The minimum Gasteiger partial charge on any atom is -0.756 e. The van der Waals surface area contributed by atoms with Gasteiger partial charge >= 0.3 is 0 Å². The molecule has 0 heterocycles. The van der Waals surface area contributed by atoms with E-state index in [1.807, 2.05) is 27.2 Å². The van der Waals surface area contributed by atoms with E-state index in [4.69, 9.17) is 9.05 Å². The lowest BCUT2D eigenvalue weighted by molar-refractivity contribution is -0.870. The fraction of sp³-hybridized carbons (Fsp3) is 0.814. The summed E-state index contributed by atoms with van der Waals surface area (Å²) < 4.78 is 23.4. The molecule has 462 valence electrons. The first-order valence-electron chi connectivity index (χ1n) is 33.8. The van der Waals surface area contributed by atoms with Crippen LogP contribution in [0.15, 0.2) is 72.9 Å². The lowest BCUT2D eigenvalue weighted by Crippen LogP contribution is -2.45. The Kier molecular flexibility index (Phi) is 59.0. The monoisotopic (exact) mass is 1130 g/mol. The van der Waals surface area contributed by atoms with E-state index in [2.05, 4.69) is 79.9 Å². The van der Waals surface area contributed by atoms with Crippen LogP contribution in [0.2, 0.25) is 0 Å². The van der Waals surface area contributed by atoms with Gasteiger partial charge in [-0.1, -0.05) is 311 Å². The number of allylic oxidation sites excluding steroid dienone is 11. The normalized spacial score (nSPS) is 14.2. The highest BCUT2D eigenvalue weighted by molar-refractivity contribution is 7.45. The molecule has 0 aromatic rings. The number of unbranched alkanes of at least 4 members (excludes halogenated alkanes) is 39. The summed E-state index contributed by atoms with van der Waals surface area (Å²) in [7, 11) is 1.25. The third-order valence-electron chi connectivity index (χ3n) is 15.2. The van der Waals surface area contributed by atoms with Crippen LogP contribution >= 0.6 is 7.82 Å². The maximum Gasteiger partial charge on any atom is 0.268 e. The molecule has 0 radical (unpaired) electrons. The lowest BCUT2D eigenvalue weighted by atomic mass is 10.0. The Morgan fingerprint density at radius 1 is 0.456 bits per heavy atom. The topological polar surface area (TPSA) is 108 Å². The number of aliphatic hydroxyl groups is 1. The molecule has 0 saturated heterocycles. The summed E-state index contributed by atoms with van der Waals surface area (Å²) in [6.07, 6.45) is 84.5. The van der Waals surface area contributed by atoms with Crippen molar-refractivity contribution in [1.82, 2.24) is 5.32 Å². The van der Waals surface area contributed by atoms with Crippen LogP contribution in [-0.2, 0) is 18.4 Å². The Morgan fingerprint density at radius 2 is 0.785 bits per heavy atom. The van der Waals surface area contributed by atoms with Gasteiger partial charge in [0.1, 0.15) is 13.2 Å². The van der Waals surface area contributed by atoms with Crippen molar-refractivity contribution in [2.45, 2.75) is 328 Å². The average molecular weight is 1130 g/mol. The van der Waals surface area contributed by atoms with Crippen molar-refractivity contribution >= 4 is 13.7 Å². The highest BCUT2D eigenvalue weighted by atomic mass is 31.2. The molecular weight excluding hydrogens is 996 g/mol. The molecule has 3 unspecified atom stereocenters. The van der Waals surface area contributed by atoms with Crippen LogP contribution in [0, 0.1) is 0 Å². The number of carbonyl (C=O) groups is 1. The second-order valence-corrected chi connectivity index (χ2v) is 25.6. The molecule has 0 aliphatic rings. The van der Waals surface area contributed by atoms with Crippen LogP contribution in [0.4, 0.5) is 0 Å². The maximum absolute atomic E-state index is 13.0. The molecule has 0 aliphatic carbocycles. The summed E-state index contributed by atoms with van der Waals surface area (Å²) in [4.78, 5) is 25.6. The lowest BCUT2D eigenvalue weighted by Gasteiger charge is -2.29. The summed E-state index contributed by atoms with van der Waals surface area (Å²) in [6, 6.07) is -0.908. The molecule has 0 aliphatic heterocycles. The minimum atomic E-state index is -4.61. The van der Waals surface area contributed by atoms with E-state index in [0.717, 1.165) is 64.2 Å². The van der Waals surface area contributed by atoms with Crippen molar-refractivity contribution < 1.29 is 32.9 Å². The van der Waals surface area contributed by atoms with Crippen molar-refractivity contribution in [1.29, 1.82) is 0 Å². The van der Waals surface area contributed by atoms with Crippen molar-refractivity contribution in [2.24, 2.45) is 0 Å². The Hall–Kier alpha value is -2.06. The Morgan fingerprint density at radius 3 is 1.18 bits per heavy atom. The second-order valence-electron chi connectivity index (χ2n) is 24.1. The number of nitrogens with one attached hydrogen (secondary N) is 1. The van der Waals surface area contributed by atoms with Gasteiger partial charge in [-0.05, 0) is 70.6 Å². The summed E-state index contributed by atoms with van der Waals surface area (Å²) in [5, 5.41) is 13.9. The zero-order valence-electron chi connectivity index (χ0n) is 52.8. The molecule has 0 spiro atoms. The van der Waals surface area contributed by atoms with E-state index in [1.165, 1.54) is 231 Å². The van der Waals surface area contributed by atoms with Gasteiger partial charge in [-0.3, -0.25) is 9.36 Å². The molecule has 0 aromatic carbocycles. The molecule has 1 amide bonds. The summed E-state index contributed by atoms with van der Waals surface area (Å²) in [6.45, 7) is 4.55. The van der Waals surface area contributed by atoms with E-state index in [9.17, 15) is 19.4 Å². The van der Waals surface area contributed by atoms with Gasteiger partial charge in [0.05, 0.1) is 39.9 Å². The van der Waals surface area contributed by atoms with Crippen LogP contribution < -0.4 is 10.2 Å². The highest BCUT2D eigenvalue weighted by Crippen LogP contribution is 2.38. The summed E-state index contributed by atoms with van der Waals surface area (Å²) >= 11 is 0. The van der Waals surface area contributed by atoms with E-state index in [1.54, 1.807) is 6.08 Å². The van der Waals surface area contributed by atoms with Crippen LogP contribution in [0.3, 0.4) is 0 Å². The number of carbonyl (C=O) groups excluding carboxylic acids is 1. The number of quaternary nitrogens is 1. The summed E-state index contributed by atoms with van der Waals surface area (Å²) in [5.41, 5.74) is 0. The van der Waals surface area contributed by atoms with Crippen LogP contribution in [-0.4, -0.2) is 68.5 Å². The van der Waals surface area contributed by atoms with Gasteiger partial charge in [-0.25, -0.2) is 0 Å². The molecule has 79 heavy (non-hydrogen) atoms. The third kappa shape index (κ3) is 63.4. The molecular formula is C70H131N2O6P. The van der Waals surface area contributed by atoms with Gasteiger partial charge in [0.2, 0.25) is 5.91 Å². The molecule has 0 aromatic heterocycles. The molecule has 0 saturated carbocycles. The predicted molar refractivity (Wildman–Crippen MR) is 344 cm³/mol. The van der Waals surface area contributed by atoms with E-state index < -0.39 is 26.6 Å². The van der Waals surface area contributed by atoms with Gasteiger partial charge in [-0.15, -0.1) is 0 Å². The predicted octanol–water partition coefficient (Wildman–Crippen LogP) is 20.8. The van der Waals surface area contributed by atoms with E-state index >= 15 is 0 Å². The number of nitrogens with zero attached hydrogens (tertiary/aromatic N) is 1. The van der Waals surface area contributed by atoms with Gasteiger partial charge in [0, 0.05) is 6.42 Å². The SMILES string of the molecule is CC/C=C\C/C=C\C/C=C\C/C=C\CCCCCCCCCCCCCCCCC(=O)NC(COP(=O)([O-])OCC[N+](C)(C)C)C(O)/C=C/CC/C=C/CCCCCCCCCCCCCCCCCCCCCCCCCC. The zero-order valence-corrected chi connectivity index (χ0v) is 53.7. The Labute approximate surface area is 491 Å². The van der Waals surface area contributed by atoms with Gasteiger partial charge in [0.25, 0.3) is 7.82 Å². The molecule has 0 fully saturated rings. The molecule has 2 N–H and O–H groups in total. The maximum atomic E-state index is 13.0. The van der Waals surface area contributed by atoms with Crippen LogP contribution in [0.1, 0.15) is 316 Å². The van der Waals surface area contributed by atoms with E-state index in [-0.39, 0.29) is 12.5 Å². The summed E-state index contributed by atoms with van der Waals surface area (Å²) in [5.74, 6) is -0.206. The first-order valence-corrected chi connectivity index (χ1v) is 35.3. The average Bonchev–Trinajstić information content (AvgIpc) is 3.42. The van der Waals surface area contributed by atoms with Crippen molar-refractivity contribution in [3.63, 3.8) is 0 Å². The number of phosphoric acid groups is 1. The molecule has 0 rings (SSSR count). The number of rotatable bonds is 62. The standard InChI is InChI=1S/C70H131N2O6P/c1-6-8-10-12-14-16-18-20-22-24-26-28-30-32-34-35-36-38-39-41-43-45-47-49-51-53-55-57-59-61-63-69(73)68(67-78-79(75,76)77-66-65-72(3,4)5)71-70(74)64-62-60-58-56-54-52-50-48-46-44-42-40-37-33-31-29-27-25-23-21-19-17-15-13-11-9-7-2/h9,11,15,17,21,23,27,29,53,55,61,63,68-69,73H,6-8,10,12-14,16,18-20,22,24-26,28,30-52,54,56-60,62,64-67H2,1-5H3,(H-,71,74,75,76)/b11-9-,17-15-,23-21-,29-27-,55-53+,63-61+. The minimum absolute atomic E-state index is 0.00802. The highest BCUT2D eigenvalue weighted by Gasteiger charge is 2.23. The first-order chi connectivity index (χ1) is 38.5. The number of hydrogen-bond acceptors (Lipinski definition) is 6. The van der Waals surface area contributed by atoms with Gasteiger partial charge in [-0.2, -0.15) is 0 Å². The molecule has 3 atom stereocenters. The smallest absolute Gasteiger partial charge is 0.268 e. The number of hydrogen-bond donors (Lipinski definition) is 2. The van der Waals surface area contributed by atoms with Crippen molar-refractivity contribution in [3.8, 4) is 0 Å². The van der Waals surface area contributed by atoms with Gasteiger partial charge < -0.3 is 28.8 Å². The Balaban J connectivity index is 4.13. The van der Waals surface area contributed by atoms with E-state index in [0.29, 0.717) is 17.4 Å².